The lowest BCUT2D eigenvalue weighted by Crippen LogP contribution is -2.30. The lowest BCUT2D eigenvalue weighted by atomic mass is 10.1. The molecule has 0 aliphatic heterocycles. The molecule has 0 amide bonds. The Morgan fingerprint density at radius 1 is 1.03 bits per heavy atom. The standard InChI is InChI=1S/C22H21FN2O4/c1-13(2)12-25-21(27)18-7-5-4-6-17(18)19(24-25)22(28)29-14(3)20(26)15-8-10-16(23)11-9-15/h4-11,13-14H,12H2,1-3H3/t14-/m0/s1. The Balaban J connectivity index is 1.94. The van der Waals surface area contributed by atoms with E-state index in [4.69, 9.17) is 4.74 Å². The van der Waals surface area contributed by atoms with Crippen molar-refractivity contribution in [3.05, 3.63) is 76.0 Å². The van der Waals surface area contributed by atoms with Crippen LogP contribution in [0.1, 0.15) is 41.6 Å². The van der Waals surface area contributed by atoms with E-state index in [1.165, 1.54) is 35.9 Å². The molecule has 6 nitrogen and oxygen atoms in total. The van der Waals surface area contributed by atoms with Crippen molar-refractivity contribution in [2.24, 2.45) is 5.92 Å². The normalized spacial score (nSPS) is 12.2. The highest BCUT2D eigenvalue weighted by atomic mass is 19.1. The fourth-order valence-electron chi connectivity index (χ4n) is 2.97. The van der Waals surface area contributed by atoms with E-state index >= 15 is 0 Å². The summed E-state index contributed by atoms with van der Waals surface area (Å²) >= 11 is 0. The number of carbonyl (C=O) groups is 2. The van der Waals surface area contributed by atoms with E-state index in [-0.39, 0.29) is 22.7 Å². The highest BCUT2D eigenvalue weighted by Gasteiger charge is 2.24. The number of aromatic nitrogens is 2. The highest BCUT2D eigenvalue weighted by molar-refractivity contribution is 6.05. The minimum atomic E-state index is -1.10. The lowest BCUT2D eigenvalue weighted by molar-refractivity contribution is 0.0312. The molecule has 0 N–H and O–H groups in total. The minimum absolute atomic E-state index is 0.0281. The molecule has 3 aromatic rings. The number of ketones is 1. The van der Waals surface area contributed by atoms with Crippen molar-refractivity contribution in [2.45, 2.75) is 33.4 Å². The van der Waals surface area contributed by atoms with Crippen molar-refractivity contribution in [1.29, 1.82) is 0 Å². The number of carbonyl (C=O) groups excluding carboxylic acids is 2. The van der Waals surface area contributed by atoms with Gasteiger partial charge in [0.15, 0.2) is 11.8 Å². The molecular formula is C22H21FN2O4. The van der Waals surface area contributed by atoms with E-state index in [0.717, 1.165) is 0 Å². The van der Waals surface area contributed by atoms with Gasteiger partial charge in [-0.1, -0.05) is 32.0 Å². The van der Waals surface area contributed by atoms with Gasteiger partial charge in [0.25, 0.3) is 5.56 Å². The number of hydrogen-bond donors (Lipinski definition) is 0. The van der Waals surface area contributed by atoms with E-state index in [9.17, 15) is 18.8 Å². The Labute approximate surface area is 166 Å². The summed E-state index contributed by atoms with van der Waals surface area (Å²) in [5.41, 5.74) is -0.0878. The van der Waals surface area contributed by atoms with Crippen LogP contribution in [0, 0.1) is 11.7 Å². The Morgan fingerprint density at radius 2 is 1.66 bits per heavy atom. The summed E-state index contributed by atoms with van der Waals surface area (Å²) in [6.07, 6.45) is -1.10. The summed E-state index contributed by atoms with van der Waals surface area (Å²) in [6.45, 7) is 5.65. The molecule has 7 heteroatoms. The van der Waals surface area contributed by atoms with E-state index < -0.39 is 23.7 Å². The van der Waals surface area contributed by atoms with Crippen molar-refractivity contribution < 1.29 is 18.7 Å². The number of benzene rings is 2. The zero-order chi connectivity index (χ0) is 21.1. The van der Waals surface area contributed by atoms with Crippen LogP contribution in [0.5, 0.6) is 0 Å². The molecule has 0 aliphatic rings. The average molecular weight is 396 g/mol. The van der Waals surface area contributed by atoms with Crippen molar-refractivity contribution in [3.8, 4) is 0 Å². The summed E-state index contributed by atoms with van der Waals surface area (Å²) in [5, 5.41) is 4.93. The smallest absolute Gasteiger partial charge is 0.360 e. The minimum Gasteiger partial charge on any atom is -0.449 e. The van der Waals surface area contributed by atoms with Gasteiger partial charge in [0.2, 0.25) is 5.78 Å². The number of halogens is 1. The largest absolute Gasteiger partial charge is 0.449 e. The molecule has 0 bridgehead atoms. The zero-order valence-electron chi connectivity index (χ0n) is 16.4. The second-order valence-corrected chi connectivity index (χ2v) is 7.19. The van der Waals surface area contributed by atoms with E-state index in [2.05, 4.69) is 5.10 Å². The Bertz CT molecular complexity index is 1120. The maximum atomic E-state index is 13.1. The average Bonchev–Trinajstić information content (AvgIpc) is 2.69. The molecule has 150 valence electrons. The predicted octanol–water partition coefficient (Wildman–Crippen LogP) is 3.62. The van der Waals surface area contributed by atoms with Crippen molar-refractivity contribution in [3.63, 3.8) is 0 Å². The lowest BCUT2D eigenvalue weighted by Gasteiger charge is -2.15. The van der Waals surface area contributed by atoms with Crippen molar-refractivity contribution in [1.82, 2.24) is 9.78 Å². The van der Waals surface area contributed by atoms with Crippen LogP contribution in [0.25, 0.3) is 10.8 Å². The van der Waals surface area contributed by atoms with Crippen LogP contribution in [0.2, 0.25) is 0 Å². The zero-order valence-corrected chi connectivity index (χ0v) is 16.4. The number of rotatable bonds is 6. The van der Waals surface area contributed by atoms with Gasteiger partial charge in [-0.2, -0.15) is 5.10 Å². The van der Waals surface area contributed by atoms with Crippen molar-refractivity contribution >= 4 is 22.5 Å². The van der Waals surface area contributed by atoms with Crippen molar-refractivity contribution in [2.75, 3.05) is 0 Å². The summed E-state index contributed by atoms with van der Waals surface area (Å²) in [6, 6.07) is 11.6. The van der Waals surface area contributed by atoms with Gasteiger partial charge in [-0.15, -0.1) is 0 Å². The Kier molecular flexibility index (Phi) is 5.87. The predicted molar refractivity (Wildman–Crippen MR) is 106 cm³/mol. The van der Waals surface area contributed by atoms with Gasteiger partial charge in [0.05, 0.1) is 5.39 Å². The summed E-state index contributed by atoms with van der Waals surface area (Å²) in [4.78, 5) is 37.9. The second-order valence-electron chi connectivity index (χ2n) is 7.19. The quantitative estimate of drug-likeness (QED) is 0.470. The number of ether oxygens (including phenoxy) is 1. The van der Waals surface area contributed by atoms with Gasteiger partial charge in [-0.3, -0.25) is 9.59 Å². The van der Waals surface area contributed by atoms with Gasteiger partial charge >= 0.3 is 5.97 Å². The molecule has 0 saturated heterocycles. The van der Waals surface area contributed by atoms with Crippen LogP contribution in [-0.4, -0.2) is 27.6 Å². The van der Waals surface area contributed by atoms with E-state index in [0.29, 0.717) is 17.3 Å². The molecule has 0 fully saturated rings. The van der Waals surface area contributed by atoms with Crippen LogP contribution in [0.4, 0.5) is 4.39 Å². The second kappa shape index (κ2) is 8.34. The van der Waals surface area contributed by atoms with E-state index in [1.807, 2.05) is 13.8 Å². The van der Waals surface area contributed by atoms with Crippen LogP contribution in [0.15, 0.2) is 53.3 Å². The first-order chi connectivity index (χ1) is 13.8. The number of hydrogen-bond acceptors (Lipinski definition) is 5. The molecule has 0 radical (unpaired) electrons. The fourth-order valence-corrected chi connectivity index (χ4v) is 2.97. The molecule has 1 heterocycles. The summed E-state index contributed by atoms with van der Waals surface area (Å²) in [5.74, 6) is -1.58. The summed E-state index contributed by atoms with van der Waals surface area (Å²) in [7, 11) is 0. The number of nitrogens with zero attached hydrogens (tertiary/aromatic N) is 2. The Hall–Kier alpha value is -3.35. The molecule has 0 saturated carbocycles. The van der Waals surface area contributed by atoms with Crippen LogP contribution in [0.3, 0.4) is 0 Å². The number of Topliss-reactive ketones (excluding diaryl/α,β-unsaturated/α-hetero) is 1. The molecule has 29 heavy (non-hydrogen) atoms. The molecule has 0 unspecified atom stereocenters. The molecule has 2 aromatic carbocycles. The maximum Gasteiger partial charge on any atom is 0.360 e. The van der Waals surface area contributed by atoms with E-state index in [1.54, 1.807) is 24.3 Å². The van der Waals surface area contributed by atoms with Gasteiger partial charge in [0.1, 0.15) is 5.82 Å². The third-order valence-electron chi connectivity index (χ3n) is 4.38. The SMILES string of the molecule is CC(C)Cn1nc(C(=O)O[C@@H](C)C(=O)c2ccc(F)cc2)c2ccccc2c1=O. The first-order valence-corrected chi connectivity index (χ1v) is 9.28. The van der Waals surface area contributed by atoms with Crippen LogP contribution >= 0.6 is 0 Å². The maximum absolute atomic E-state index is 13.1. The van der Waals surface area contributed by atoms with Gasteiger partial charge in [-0.25, -0.2) is 13.9 Å². The topological polar surface area (TPSA) is 78.3 Å². The third kappa shape index (κ3) is 4.39. The summed E-state index contributed by atoms with van der Waals surface area (Å²) < 4.78 is 19.6. The molecule has 3 rings (SSSR count). The van der Waals surface area contributed by atoms with Crippen LogP contribution < -0.4 is 5.56 Å². The van der Waals surface area contributed by atoms with Gasteiger partial charge < -0.3 is 4.74 Å². The van der Waals surface area contributed by atoms with Gasteiger partial charge in [0, 0.05) is 17.5 Å². The molecule has 0 aliphatic carbocycles. The third-order valence-corrected chi connectivity index (χ3v) is 4.38. The highest BCUT2D eigenvalue weighted by Crippen LogP contribution is 2.16. The molecule has 0 spiro atoms. The fraction of sp³-hybridized carbons (Fsp3) is 0.273. The monoisotopic (exact) mass is 396 g/mol. The number of fused-ring (bicyclic) bond motifs is 1. The van der Waals surface area contributed by atoms with Gasteiger partial charge in [-0.05, 0) is 43.2 Å². The first kappa shape index (κ1) is 20.4. The molecular weight excluding hydrogens is 375 g/mol. The molecule has 1 aromatic heterocycles. The molecule has 1 atom stereocenters. The first-order valence-electron chi connectivity index (χ1n) is 9.28. The van der Waals surface area contributed by atoms with Crippen LogP contribution in [-0.2, 0) is 11.3 Å². The Morgan fingerprint density at radius 3 is 2.28 bits per heavy atom. The number of esters is 1.